The maximum absolute atomic E-state index is 11.1. The minimum atomic E-state index is -0.743. The second-order valence-corrected chi connectivity index (χ2v) is 3.78. The van der Waals surface area contributed by atoms with Crippen LogP contribution in [0.25, 0.3) is 0 Å². The summed E-state index contributed by atoms with van der Waals surface area (Å²) in [4.78, 5) is 22.3. The molecule has 60 valence electrons. The number of carbonyl (C=O) groups is 2. The number of carbonyl (C=O) groups excluding carboxylic acids is 2. The summed E-state index contributed by atoms with van der Waals surface area (Å²) in [5.74, 6) is -0.352. The molecule has 1 aliphatic heterocycles. The van der Waals surface area contributed by atoms with E-state index in [0.29, 0.717) is 13.0 Å². The lowest BCUT2D eigenvalue weighted by molar-refractivity contribution is -0.148. The van der Waals surface area contributed by atoms with Crippen molar-refractivity contribution in [2.75, 3.05) is 6.61 Å². The van der Waals surface area contributed by atoms with Crippen LogP contribution in [-0.4, -0.2) is 18.4 Å². The largest absolute Gasteiger partial charge is 0.464 e. The molecule has 2 rings (SSSR count). The summed E-state index contributed by atoms with van der Waals surface area (Å²) in [7, 11) is 0. The average molecular weight is 154 g/mol. The Bertz CT molecular complexity index is 258. The van der Waals surface area contributed by atoms with Crippen LogP contribution in [0, 0.1) is 10.8 Å². The Morgan fingerprint density at radius 2 is 2.27 bits per heavy atom. The number of ketones is 1. The molecule has 0 aromatic carbocycles. The Labute approximate surface area is 64.7 Å². The van der Waals surface area contributed by atoms with E-state index in [1.54, 1.807) is 0 Å². The number of esters is 1. The van der Waals surface area contributed by atoms with Gasteiger partial charge in [0.05, 0.1) is 6.61 Å². The molecule has 1 saturated heterocycles. The van der Waals surface area contributed by atoms with Gasteiger partial charge in [0.25, 0.3) is 0 Å². The molecule has 1 heterocycles. The fourth-order valence-electron chi connectivity index (χ4n) is 2.08. The van der Waals surface area contributed by atoms with Gasteiger partial charge >= 0.3 is 5.97 Å². The minimum absolute atomic E-state index is 0.0394. The highest BCUT2D eigenvalue weighted by molar-refractivity contribution is 6.08. The van der Waals surface area contributed by atoms with Gasteiger partial charge < -0.3 is 4.74 Å². The van der Waals surface area contributed by atoms with Crippen molar-refractivity contribution in [2.45, 2.75) is 20.3 Å². The standard InChI is InChI=1S/C8H10O3/c1-5(9)8-3-7(8,2)4-11-6(8)10/h3-4H2,1-2H3. The lowest BCUT2D eigenvalue weighted by atomic mass is 9.94. The molecule has 2 unspecified atom stereocenters. The molecule has 2 fully saturated rings. The first-order valence-corrected chi connectivity index (χ1v) is 3.71. The Balaban J connectivity index is 2.41. The van der Waals surface area contributed by atoms with Gasteiger partial charge in [-0.3, -0.25) is 9.59 Å². The van der Waals surface area contributed by atoms with Crippen LogP contribution < -0.4 is 0 Å². The molecule has 3 heteroatoms. The second-order valence-electron chi connectivity index (χ2n) is 3.78. The molecule has 1 aliphatic carbocycles. The quantitative estimate of drug-likeness (QED) is 0.408. The van der Waals surface area contributed by atoms with E-state index in [1.807, 2.05) is 6.92 Å². The summed E-state index contributed by atoms with van der Waals surface area (Å²) < 4.78 is 4.82. The van der Waals surface area contributed by atoms with E-state index in [4.69, 9.17) is 4.74 Å². The minimum Gasteiger partial charge on any atom is -0.464 e. The highest BCUT2D eigenvalue weighted by Crippen LogP contribution is 2.68. The third kappa shape index (κ3) is 0.513. The van der Waals surface area contributed by atoms with Crippen LogP contribution >= 0.6 is 0 Å². The Hall–Kier alpha value is -0.860. The van der Waals surface area contributed by atoms with Crippen LogP contribution in [0.15, 0.2) is 0 Å². The molecule has 0 aromatic heterocycles. The first kappa shape index (κ1) is 6.83. The molecule has 0 aromatic rings. The molecule has 0 N–H and O–H groups in total. The molecule has 2 atom stereocenters. The Morgan fingerprint density at radius 3 is 2.45 bits per heavy atom. The average Bonchev–Trinajstić information content (AvgIpc) is 2.47. The van der Waals surface area contributed by atoms with Gasteiger partial charge in [-0.05, 0) is 13.3 Å². The first-order chi connectivity index (χ1) is 5.03. The van der Waals surface area contributed by atoms with Gasteiger partial charge in [-0.2, -0.15) is 0 Å². The van der Waals surface area contributed by atoms with Crippen LogP contribution in [0.3, 0.4) is 0 Å². The fourth-order valence-corrected chi connectivity index (χ4v) is 2.08. The highest BCUT2D eigenvalue weighted by atomic mass is 16.5. The zero-order valence-corrected chi connectivity index (χ0v) is 6.64. The van der Waals surface area contributed by atoms with Crippen LogP contribution in [0.1, 0.15) is 20.3 Å². The van der Waals surface area contributed by atoms with Crippen molar-refractivity contribution in [1.82, 2.24) is 0 Å². The smallest absolute Gasteiger partial charge is 0.320 e. The number of hydrogen-bond donors (Lipinski definition) is 0. The van der Waals surface area contributed by atoms with Crippen molar-refractivity contribution in [3.05, 3.63) is 0 Å². The number of rotatable bonds is 1. The van der Waals surface area contributed by atoms with E-state index in [0.717, 1.165) is 0 Å². The first-order valence-electron chi connectivity index (χ1n) is 3.71. The zero-order chi connectivity index (χ0) is 8.28. The van der Waals surface area contributed by atoms with Crippen molar-refractivity contribution in [2.24, 2.45) is 10.8 Å². The summed E-state index contributed by atoms with van der Waals surface area (Å²) in [5.41, 5.74) is -0.914. The van der Waals surface area contributed by atoms with E-state index in [9.17, 15) is 9.59 Å². The fraction of sp³-hybridized carbons (Fsp3) is 0.750. The van der Waals surface area contributed by atoms with Crippen molar-refractivity contribution < 1.29 is 14.3 Å². The lowest BCUT2D eigenvalue weighted by Gasteiger charge is -2.03. The molecule has 0 spiro atoms. The molecule has 3 nitrogen and oxygen atoms in total. The second kappa shape index (κ2) is 1.49. The number of ether oxygens (including phenoxy) is 1. The molecule has 2 aliphatic rings. The van der Waals surface area contributed by atoms with E-state index in [-0.39, 0.29) is 17.2 Å². The topological polar surface area (TPSA) is 43.4 Å². The van der Waals surface area contributed by atoms with Crippen molar-refractivity contribution >= 4 is 11.8 Å². The maximum Gasteiger partial charge on any atom is 0.320 e. The van der Waals surface area contributed by atoms with E-state index in [1.165, 1.54) is 6.92 Å². The molecule has 0 bridgehead atoms. The van der Waals surface area contributed by atoms with Crippen LogP contribution in [-0.2, 0) is 14.3 Å². The summed E-state index contributed by atoms with van der Waals surface area (Å²) >= 11 is 0. The third-order valence-corrected chi connectivity index (χ3v) is 3.03. The predicted octanol–water partition coefficient (Wildman–Crippen LogP) is 0.529. The van der Waals surface area contributed by atoms with Gasteiger partial charge in [-0.25, -0.2) is 0 Å². The van der Waals surface area contributed by atoms with Gasteiger partial charge in [-0.1, -0.05) is 6.92 Å². The predicted molar refractivity (Wildman–Crippen MR) is 36.8 cm³/mol. The summed E-state index contributed by atoms with van der Waals surface area (Å²) in [6.45, 7) is 3.82. The molecule has 0 radical (unpaired) electrons. The lowest BCUT2D eigenvalue weighted by Crippen LogP contribution is -2.23. The Morgan fingerprint density at radius 1 is 1.64 bits per heavy atom. The number of cyclic esters (lactones) is 1. The van der Waals surface area contributed by atoms with Gasteiger partial charge in [-0.15, -0.1) is 0 Å². The number of fused-ring (bicyclic) bond motifs is 1. The molecular weight excluding hydrogens is 144 g/mol. The van der Waals surface area contributed by atoms with Crippen molar-refractivity contribution in [3.8, 4) is 0 Å². The Kier molecular flexibility index (Phi) is 0.926. The summed E-state index contributed by atoms with van der Waals surface area (Å²) in [6, 6.07) is 0. The zero-order valence-electron chi connectivity index (χ0n) is 6.64. The third-order valence-electron chi connectivity index (χ3n) is 3.03. The highest BCUT2D eigenvalue weighted by Gasteiger charge is 2.77. The summed E-state index contributed by atoms with van der Waals surface area (Å²) in [6.07, 6.45) is 0.689. The van der Waals surface area contributed by atoms with E-state index in [2.05, 4.69) is 0 Å². The van der Waals surface area contributed by atoms with Crippen molar-refractivity contribution in [3.63, 3.8) is 0 Å². The van der Waals surface area contributed by atoms with E-state index >= 15 is 0 Å². The van der Waals surface area contributed by atoms with Crippen LogP contribution in [0.4, 0.5) is 0 Å². The maximum atomic E-state index is 11.1. The monoisotopic (exact) mass is 154 g/mol. The van der Waals surface area contributed by atoms with Gasteiger partial charge in [0.1, 0.15) is 11.2 Å². The van der Waals surface area contributed by atoms with Crippen molar-refractivity contribution in [1.29, 1.82) is 0 Å². The van der Waals surface area contributed by atoms with Gasteiger partial charge in [0.15, 0.2) is 0 Å². The van der Waals surface area contributed by atoms with Crippen LogP contribution in [0.2, 0.25) is 0 Å². The van der Waals surface area contributed by atoms with Crippen LogP contribution in [0.5, 0.6) is 0 Å². The summed E-state index contributed by atoms with van der Waals surface area (Å²) in [5, 5.41) is 0. The molecule has 1 saturated carbocycles. The number of Topliss-reactive ketones (excluding diaryl/α,β-unsaturated/α-hetero) is 1. The molecule has 0 amide bonds. The van der Waals surface area contributed by atoms with Gasteiger partial charge in [0.2, 0.25) is 0 Å². The SMILES string of the molecule is CC(=O)C12CC1(C)COC2=O. The number of hydrogen-bond acceptors (Lipinski definition) is 3. The normalized spacial score (nSPS) is 46.5. The van der Waals surface area contributed by atoms with E-state index < -0.39 is 5.41 Å². The van der Waals surface area contributed by atoms with Gasteiger partial charge in [0, 0.05) is 5.41 Å². The molecular formula is C8H10O3. The molecule has 11 heavy (non-hydrogen) atoms.